The molecule has 0 amide bonds. The van der Waals surface area contributed by atoms with Crippen molar-refractivity contribution in [3.8, 4) is 0 Å². The van der Waals surface area contributed by atoms with Gasteiger partial charge in [0.25, 0.3) is 0 Å². The van der Waals surface area contributed by atoms with E-state index in [4.69, 9.17) is 14.6 Å². The number of hydrogen-bond acceptors (Lipinski definition) is 5. The van der Waals surface area contributed by atoms with Crippen LogP contribution in [0.5, 0.6) is 0 Å². The maximum Gasteiger partial charge on any atom is 0.308 e. The summed E-state index contributed by atoms with van der Waals surface area (Å²) in [6, 6.07) is 0. The van der Waals surface area contributed by atoms with Gasteiger partial charge in [0.1, 0.15) is 6.61 Å². The lowest BCUT2D eigenvalue weighted by atomic mass is 10.3. The summed E-state index contributed by atoms with van der Waals surface area (Å²) >= 11 is 0. The number of methoxy groups -OCH3 is 1. The average Bonchev–Trinajstić information content (AvgIpc) is 2.13. The number of rotatable bonds is 8. The van der Waals surface area contributed by atoms with Gasteiger partial charge in [-0.2, -0.15) is 0 Å². The summed E-state index contributed by atoms with van der Waals surface area (Å²) in [5.74, 6) is -0.436. The van der Waals surface area contributed by atoms with Gasteiger partial charge in [-0.05, 0) is 6.92 Å². The van der Waals surface area contributed by atoms with Gasteiger partial charge < -0.3 is 19.3 Å². The van der Waals surface area contributed by atoms with Crippen molar-refractivity contribution in [2.75, 3.05) is 33.5 Å². The highest BCUT2D eigenvalue weighted by molar-refractivity contribution is 5.69. The first-order valence-electron chi connectivity index (χ1n) is 4.61. The van der Waals surface area contributed by atoms with Crippen molar-refractivity contribution >= 4 is 5.97 Å². The molecule has 0 aromatic heterocycles. The minimum Gasteiger partial charge on any atom is -0.463 e. The third-order valence-corrected chi connectivity index (χ3v) is 1.46. The molecule has 0 rings (SSSR count). The standard InChI is InChI=1S/C9H18O5/c1-3-13-4-5-14-9(11)6-8(10)7-12-2/h8,10H,3-7H2,1-2H3. The molecule has 5 heteroatoms. The van der Waals surface area contributed by atoms with Crippen molar-refractivity contribution in [2.45, 2.75) is 19.4 Å². The maximum absolute atomic E-state index is 11.0. The molecule has 14 heavy (non-hydrogen) atoms. The normalized spacial score (nSPS) is 12.5. The first kappa shape index (κ1) is 13.4. The van der Waals surface area contributed by atoms with Gasteiger partial charge in [-0.15, -0.1) is 0 Å². The minimum absolute atomic E-state index is 0.0417. The highest BCUT2D eigenvalue weighted by atomic mass is 16.6. The van der Waals surface area contributed by atoms with Crippen LogP contribution in [0.2, 0.25) is 0 Å². The van der Waals surface area contributed by atoms with Crippen LogP contribution < -0.4 is 0 Å². The number of aliphatic hydroxyl groups excluding tert-OH is 1. The molecule has 0 aromatic carbocycles. The topological polar surface area (TPSA) is 65.0 Å². The molecule has 0 aliphatic carbocycles. The maximum atomic E-state index is 11.0. The first-order valence-corrected chi connectivity index (χ1v) is 4.61. The smallest absolute Gasteiger partial charge is 0.308 e. The fourth-order valence-electron chi connectivity index (χ4n) is 0.861. The summed E-state index contributed by atoms with van der Waals surface area (Å²) in [5.41, 5.74) is 0. The van der Waals surface area contributed by atoms with E-state index in [-0.39, 0.29) is 19.6 Å². The molecule has 0 fully saturated rings. The third-order valence-electron chi connectivity index (χ3n) is 1.46. The van der Waals surface area contributed by atoms with Crippen molar-refractivity contribution in [3.05, 3.63) is 0 Å². The van der Waals surface area contributed by atoms with Gasteiger partial charge in [0.15, 0.2) is 0 Å². The predicted molar refractivity (Wildman–Crippen MR) is 50.0 cm³/mol. The minimum atomic E-state index is -0.792. The van der Waals surface area contributed by atoms with Crippen LogP contribution in [-0.2, 0) is 19.0 Å². The van der Waals surface area contributed by atoms with Crippen LogP contribution in [0, 0.1) is 0 Å². The number of hydrogen-bond donors (Lipinski definition) is 1. The Morgan fingerprint density at radius 1 is 1.43 bits per heavy atom. The van der Waals surface area contributed by atoms with E-state index in [2.05, 4.69) is 4.74 Å². The summed E-state index contributed by atoms with van der Waals surface area (Å²) in [4.78, 5) is 11.0. The fraction of sp³-hybridized carbons (Fsp3) is 0.889. The predicted octanol–water partition coefficient (Wildman–Crippen LogP) is -0.0365. The van der Waals surface area contributed by atoms with Gasteiger partial charge >= 0.3 is 5.97 Å². The number of ether oxygens (including phenoxy) is 3. The van der Waals surface area contributed by atoms with E-state index < -0.39 is 12.1 Å². The van der Waals surface area contributed by atoms with Gasteiger partial charge in [-0.3, -0.25) is 4.79 Å². The molecule has 1 atom stereocenters. The Hall–Kier alpha value is -0.650. The van der Waals surface area contributed by atoms with Crippen LogP contribution in [0.4, 0.5) is 0 Å². The first-order chi connectivity index (χ1) is 6.70. The zero-order valence-electron chi connectivity index (χ0n) is 8.69. The van der Waals surface area contributed by atoms with Gasteiger partial charge in [0.2, 0.25) is 0 Å². The van der Waals surface area contributed by atoms with Crippen molar-refractivity contribution in [1.29, 1.82) is 0 Å². The lowest BCUT2D eigenvalue weighted by Gasteiger charge is -2.09. The lowest BCUT2D eigenvalue weighted by Crippen LogP contribution is -2.21. The monoisotopic (exact) mass is 206 g/mol. The number of aliphatic hydroxyl groups is 1. The van der Waals surface area contributed by atoms with E-state index >= 15 is 0 Å². The molecule has 0 spiro atoms. The molecule has 0 saturated carbocycles. The lowest BCUT2D eigenvalue weighted by molar-refractivity contribution is -0.148. The zero-order valence-corrected chi connectivity index (χ0v) is 8.69. The molecule has 1 N–H and O–H groups in total. The Morgan fingerprint density at radius 2 is 2.14 bits per heavy atom. The molecule has 0 aliphatic heterocycles. The summed E-state index contributed by atoms with van der Waals surface area (Å²) in [6.07, 6.45) is -0.834. The number of carbonyl (C=O) groups is 1. The molecule has 0 aliphatic rings. The summed E-state index contributed by atoms with van der Waals surface area (Å²) in [7, 11) is 1.46. The van der Waals surface area contributed by atoms with E-state index in [0.717, 1.165) is 0 Å². The van der Waals surface area contributed by atoms with Crippen molar-refractivity contribution < 1.29 is 24.1 Å². The van der Waals surface area contributed by atoms with Crippen LogP contribution in [0.3, 0.4) is 0 Å². The molecule has 0 radical (unpaired) electrons. The van der Waals surface area contributed by atoms with Gasteiger partial charge in [0, 0.05) is 13.7 Å². The van der Waals surface area contributed by atoms with E-state index in [9.17, 15) is 4.79 Å². The molecule has 84 valence electrons. The summed E-state index contributed by atoms with van der Waals surface area (Å²) < 4.78 is 14.4. The Labute approximate surface area is 84.0 Å². The van der Waals surface area contributed by atoms with Gasteiger partial charge in [-0.1, -0.05) is 0 Å². The van der Waals surface area contributed by atoms with Crippen LogP contribution in [0.15, 0.2) is 0 Å². The second kappa shape index (κ2) is 8.93. The highest BCUT2D eigenvalue weighted by Gasteiger charge is 2.11. The molecule has 5 nitrogen and oxygen atoms in total. The molecular formula is C9H18O5. The van der Waals surface area contributed by atoms with E-state index in [1.807, 2.05) is 6.92 Å². The number of carbonyl (C=O) groups excluding carboxylic acids is 1. The van der Waals surface area contributed by atoms with Gasteiger partial charge in [-0.25, -0.2) is 0 Å². The van der Waals surface area contributed by atoms with E-state index in [1.54, 1.807) is 0 Å². The van der Waals surface area contributed by atoms with Gasteiger partial charge in [0.05, 0.1) is 25.7 Å². The Morgan fingerprint density at radius 3 is 2.71 bits per heavy atom. The molecule has 0 bridgehead atoms. The van der Waals surface area contributed by atoms with Crippen molar-refractivity contribution in [3.63, 3.8) is 0 Å². The van der Waals surface area contributed by atoms with Crippen molar-refractivity contribution in [2.24, 2.45) is 0 Å². The highest BCUT2D eigenvalue weighted by Crippen LogP contribution is 1.95. The van der Waals surface area contributed by atoms with Crippen molar-refractivity contribution in [1.82, 2.24) is 0 Å². The van der Waals surface area contributed by atoms with Crippen LogP contribution >= 0.6 is 0 Å². The Balaban J connectivity index is 3.35. The summed E-state index contributed by atoms with van der Waals surface area (Å²) in [6.45, 7) is 3.23. The second-order valence-corrected chi connectivity index (χ2v) is 2.73. The molecular weight excluding hydrogens is 188 g/mol. The molecule has 0 saturated heterocycles. The third kappa shape index (κ3) is 7.97. The second-order valence-electron chi connectivity index (χ2n) is 2.73. The largest absolute Gasteiger partial charge is 0.463 e. The summed E-state index contributed by atoms with van der Waals surface area (Å²) in [5, 5.41) is 9.17. The van der Waals surface area contributed by atoms with E-state index in [0.29, 0.717) is 13.2 Å². The quantitative estimate of drug-likeness (QED) is 0.446. The molecule has 0 heterocycles. The Kier molecular flexibility index (Phi) is 8.51. The number of esters is 1. The van der Waals surface area contributed by atoms with Crippen LogP contribution in [0.25, 0.3) is 0 Å². The SMILES string of the molecule is CCOCCOC(=O)CC(O)COC. The Bertz CT molecular complexity index is 148. The average molecular weight is 206 g/mol. The van der Waals surface area contributed by atoms with Crippen LogP contribution in [0.1, 0.15) is 13.3 Å². The zero-order chi connectivity index (χ0) is 10.8. The van der Waals surface area contributed by atoms with E-state index in [1.165, 1.54) is 7.11 Å². The molecule has 0 aromatic rings. The fourth-order valence-corrected chi connectivity index (χ4v) is 0.861. The van der Waals surface area contributed by atoms with Crippen LogP contribution in [-0.4, -0.2) is 50.7 Å². The molecule has 1 unspecified atom stereocenters.